The van der Waals surface area contributed by atoms with Crippen LogP contribution in [0.25, 0.3) is 17.1 Å². The Bertz CT molecular complexity index is 744. The third-order valence-corrected chi connectivity index (χ3v) is 3.28. The van der Waals surface area contributed by atoms with E-state index in [-0.39, 0.29) is 0 Å². The zero-order valence-corrected chi connectivity index (χ0v) is 11.7. The number of nitrogens with two attached hydrogens (primary N) is 1. The van der Waals surface area contributed by atoms with Crippen LogP contribution in [0.15, 0.2) is 36.4 Å². The largest absolute Gasteiger partial charge is 0.399 e. The first-order chi connectivity index (χ1) is 10.1. The maximum Gasteiger partial charge on any atom is 0.190 e. The van der Waals surface area contributed by atoms with Crippen molar-refractivity contribution < 1.29 is 4.39 Å². The molecule has 0 aliphatic carbocycles. The van der Waals surface area contributed by atoms with Crippen LogP contribution in [0.5, 0.6) is 0 Å². The summed E-state index contributed by atoms with van der Waals surface area (Å²) >= 11 is 0. The molecule has 0 radical (unpaired) electrons. The minimum Gasteiger partial charge on any atom is -0.399 e. The topological polar surface area (TPSA) is 69.6 Å². The lowest BCUT2D eigenvalue weighted by Gasteiger charge is -2.09. The molecule has 0 spiro atoms. The highest BCUT2D eigenvalue weighted by Gasteiger charge is 2.16. The van der Waals surface area contributed by atoms with Crippen molar-refractivity contribution in [3.05, 3.63) is 53.3 Å². The Morgan fingerprint density at radius 2 is 1.90 bits per heavy atom. The van der Waals surface area contributed by atoms with Gasteiger partial charge >= 0.3 is 0 Å². The molecule has 0 saturated heterocycles. The van der Waals surface area contributed by atoms with E-state index in [0.29, 0.717) is 17.1 Å². The Morgan fingerprint density at radius 3 is 2.62 bits per heavy atom. The minimum atomic E-state index is -0.448. The summed E-state index contributed by atoms with van der Waals surface area (Å²) in [5.74, 6) is -0.102. The third kappa shape index (κ3) is 2.35. The first-order valence-corrected chi connectivity index (χ1v) is 6.47. The van der Waals surface area contributed by atoms with Crippen molar-refractivity contribution in [1.29, 1.82) is 0 Å². The second-order valence-electron chi connectivity index (χ2n) is 4.94. The molecule has 0 unspecified atom stereocenters. The van der Waals surface area contributed by atoms with Crippen molar-refractivity contribution >= 4 is 5.69 Å². The zero-order valence-electron chi connectivity index (χ0n) is 11.7. The maximum absolute atomic E-state index is 14.1. The smallest absolute Gasteiger partial charge is 0.190 e. The SMILES string of the molecule is Cc1ccc(-n2nnnc2-c2ccc(N)cc2F)c(C)c1. The van der Waals surface area contributed by atoms with E-state index in [1.54, 1.807) is 12.1 Å². The Hall–Kier alpha value is -2.76. The van der Waals surface area contributed by atoms with Gasteiger partial charge in [-0.15, -0.1) is 5.10 Å². The molecule has 0 aliphatic heterocycles. The van der Waals surface area contributed by atoms with Crippen LogP contribution in [0.4, 0.5) is 10.1 Å². The number of nitrogen functional groups attached to an aromatic ring is 1. The predicted octanol–water partition coefficient (Wildman–Crippen LogP) is 2.67. The second-order valence-corrected chi connectivity index (χ2v) is 4.94. The van der Waals surface area contributed by atoms with E-state index >= 15 is 0 Å². The molecule has 0 aliphatic rings. The Morgan fingerprint density at radius 1 is 1.10 bits per heavy atom. The predicted molar refractivity (Wildman–Crippen MR) is 78.4 cm³/mol. The molecule has 2 N–H and O–H groups in total. The third-order valence-electron chi connectivity index (χ3n) is 3.28. The zero-order chi connectivity index (χ0) is 15.0. The molecule has 3 aromatic rings. The van der Waals surface area contributed by atoms with Gasteiger partial charge in [-0.2, -0.15) is 4.68 Å². The average molecular weight is 283 g/mol. The summed E-state index contributed by atoms with van der Waals surface area (Å²) < 4.78 is 15.6. The number of tetrazole rings is 1. The van der Waals surface area contributed by atoms with Gasteiger partial charge in [-0.05, 0) is 54.1 Å². The standard InChI is InChI=1S/C15H14FN5/c1-9-3-6-14(10(2)7-9)21-15(18-19-20-21)12-5-4-11(17)8-13(12)16/h3-8H,17H2,1-2H3. The number of hydrogen-bond donors (Lipinski definition) is 1. The molecular weight excluding hydrogens is 269 g/mol. The molecule has 0 bridgehead atoms. The van der Waals surface area contributed by atoms with Gasteiger partial charge in [0.1, 0.15) is 5.82 Å². The Labute approximate surface area is 121 Å². The fourth-order valence-corrected chi connectivity index (χ4v) is 2.27. The van der Waals surface area contributed by atoms with Crippen molar-refractivity contribution in [2.75, 3.05) is 5.73 Å². The van der Waals surface area contributed by atoms with Crippen LogP contribution in [0, 0.1) is 19.7 Å². The van der Waals surface area contributed by atoms with Crippen molar-refractivity contribution in [3.8, 4) is 17.1 Å². The first-order valence-electron chi connectivity index (χ1n) is 6.47. The van der Waals surface area contributed by atoms with Gasteiger partial charge in [0, 0.05) is 5.69 Å². The highest BCUT2D eigenvalue weighted by molar-refractivity contribution is 5.62. The lowest BCUT2D eigenvalue weighted by atomic mass is 10.1. The van der Waals surface area contributed by atoms with E-state index in [9.17, 15) is 4.39 Å². The van der Waals surface area contributed by atoms with Crippen LogP contribution in [0.2, 0.25) is 0 Å². The van der Waals surface area contributed by atoms with Crippen molar-refractivity contribution in [1.82, 2.24) is 20.2 Å². The molecule has 5 nitrogen and oxygen atoms in total. The molecule has 0 atom stereocenters. The van der Waals surface area contributed by atoms with E-state index in [4.69, 9.17) is 5.73 Å². The fourth-order valence-electron chi connectivity index (χ4n) is 2.27. The summed E-state index contributed by atoms with van der Waals surface area (Å²) in [6.45, 7) is 3.98. The number of anilines is 1. The van der Waals surface area contributed by atoms with Crippen molar-refractivity contribution in [2.24, 2.45) is 0 Å². The van der Waals surface area contributed by atoms with Crippen LogP contribution in [0.1, 0.15) is 11.1 Å². The normalized spacial score (nSPS) is 10.8. The van der Waals surface area contributed by atoms with Crippen molar-refractivity contribution in [3.63, 3.8) is 0 Å². The molecule has 0 saturated carbocycles. The fraction of sp³-hybridized carbons (Fsp3) is 0.133. The Balaban J connectivity index is 2.17. The number of halogens is 1. The number of rotatable bonds is 2. The molecule has 1 heterocycles. The number of aromatic nitrogens is 4. The van der Waals surface area contributed by atoms with Crippen LogP contribution in [0.3, 0.4) is 0 Å². The molecule has 21 heavy (non-hydrogen) atoms. The van der Waals surface area contributed by atoms with Crippen LogP contribution >= 0.6 is 0 Å². The van der Waals surface area contributed by atoms with E-state index in [1.807, 2.05) is 32.0 Å². The van der Waals surface area contributed by atoms with Crippen LogP contribution < -0.4 is 5.73 Å². The average Bonchev–Trinajstić information content (AvgIpc) is 2.87. The first kappa shape index (κ1) is 13.2. The summed E-state index contributed by atoms with van der Waals surface area (Å²) in [5.41, 5.74) is 9.22. The number of aryl methyl sites for hydroxylation is 2. The van der Waals surface area contributed by atoms with Gasteiger partial charge in [0.2, 0.25) is 0 Å². The monoisotopic (exact) mass is 283 g/mol. The molecule has 2 aromatic carbocycles. The Kier molecular flexibility index (Phi) is 3.13. The summed E-state index contributed by atoms with van der Waals surface area (Å²) in [6.07, 6.45) is 0. The molecule has 0 amide bonds. The van der Waals surface area contributed by atoms with E-state index in [0.717, 1.165) is 16.8 Å². The maximum atomic E-state index is 14.1. The van der Waals surface area contributed by atoms with Crippen LogP contribution in [-0.2, 0) is 0 Å². The number of hydrogen-bond acceptors (Lipinski definition) is 4. The summed E-state index contributed by atoms with van der Waals surface area (Å²) in [4.78, 5) is 0. The molecule has 1 aromatic heterocycles. The van der Waals surface area contributed by atoms with Gasteiger partial charge < -0.3 is 5.73 Å². The molecule has 0 fully saturated rings. The van der Waals surface area contributed by atoms with Gasteiger partial charge in [-0.25, -0.2) is 4.39 Å². The lowest BCUT2D eigenvalue weighted by molar-refractivity contribution is 0.629. The molecular formula is C15H14FN5. The highest BCUT2D eigenvalue weighted by Crippen LogP contribution is 2.25. The van der Waals surface area contributed by atoms with Gasteiger partial charge in [0.15, 0.2) is 5.82 Å². The molecule has 3 rings (SSSR count). The summed E-state index contributed by atoms with van der Waals surface area (Å²) in [5, 5.41) is 11.6. The van der Waals surface area contributed by atoms with E-state index in [2.05, 4.69) is 15.5 Å². The van der Waals surface area contributed by atoms with Gasteiger partial charge in [0.05, 0.1) is 11.3 Å². The van der Waals surface area contributed by atoms with Crippen LogP contribution in [-0.4, -0.2) is 20.2 Å². The lowest BCUT2D eigenvalue weighted by Crippen LogP contribution is -2.03. The van der Waals surface area contributed by atoms with Gasteiger partial charge in [0.25, 0.3) is 0 Å². The molecule has 106 valence electrons. The second kappa shape index (κ2) is 4.97. The van der Waals surface area contributed by atoms with E-state index < -0.39 is 5.82 Å². The highest BCUT2D eigenvalue weighted by atomic mass is 19.1. The quantitative estimate of drug-likeness (QED) is 0.734. The molecule has 6 heteroatoms. The van der Waals surface area contributed by atoms with Crippen molar-refractivity contribution in [2.45, 2.75) is 13.8 Å². The summed E-state index contributed by atoms with van der Waals surface area (Å²) in [7, 11) is 0. The van der Waals surface area contributed by atoms with Gasteiger partial charge in [-0.3, -0.25) is 0 Å². The van der Waals surface area contributed by atoms with E-state index in [1.165, 1.54) is 10.7 Å². The summed E-state index contributed by atoms with van der Waals surface area (Å²) in [6, 6.07) is 10.4. The van der Waals surface area contributed by atoms with Gasteiger partial charge in [-0.1, -0.05) is 17.7 Å². The minimum absolute atomic E-state index is 0.314. The number of benzene rings is 2. The number of nitrogens with zero attached hydrogens (tertiary/aromatic N) is 4.